The number of rotatable bonds is 6. The molecule has 2 N–H and O–H groups in total. The Balaban J connectivity index is 1.82. The molecule has 9 heteroatoms. The van der Waals surface area contributed by atoms with Crippen molar-refractivity contribution in [2.45, 2.75) is 26.7 Å². The smallest absolute Gasteiger partial charge is 0.234 e. The van der Waals surface area contributed by atoms with Gasteiger partial charge in [-0.2, -0.15) is 10.1 Å². The first kappa shape index (κ1) is 16.4. The van der Waals surface area contributed by atoms with E-state index in [0.717, 1.165) is 28.7 Å². The highest BCUT2D eigenvalue weighted by Crippen LogP contribution is 2.27. The van der Waals surface area contributed by atoms with E-state index in [9.17, 15) is 0 Å². The molecule has 3 rings (SSSR count). The number of halogens is 1. The van der Waals surface area contributed by atoms with Gasteiger partial charge < -0.3 is 9.84 Å². The molecule has 0 spiro atoms. The molecule has 0 saturated carbocycles. The maximum Gasteiger partial charge on any atom is 0.234 e. The van der Waals surface area contributed by atoms with Gasteiger partial charge in [-0.05, 0) is 29.3 Å². The minimum absolute atomic E-state index is 0.487. The molecule has 0 aliphatic heterocycles. The molecule has 3 aromatic heterocycles. The SMILES string of the molecule is CCCc1cc(Nc2nc(N(C)c3cc(C)no3)ncc2Br)n[nH]1. The number of aromatic amines is 1. The van der Waals surface area contributed by atoms with E-state index >= 15 is 0 Å². The first-order valence-corrected chi connectivity index (χ1v) is 8.37. The maximum absolute atomic E-state index is 5.25. The molecule has 0 bridgehead atoms. The monoisotopic (exact) mass is 391 g/mol. The predicted molar refractivity (Wildman–Crippen MR) is 94.9 cm³/mol. The van der Waals surface area contributed by atoms with Crippen molar-refractivity contribution >= 4 is 39.4 Å². The van der Waals surface area contributed by atoms with Gasteiger partial charge in [0.05, 0.1) is 10.2 Å². The number of nitrogens with one attached hydrogen (secondary N) is 2. The van der Waals surface area contributed by atoms with Crippen LogP contribution in [-0.4, -0.2) is 32.4 Å². The lowest BCUT2D eigenvalue weighted by Gasteiger charge is -2.14. The molecule has 3 heterocycles. The molecule has 0 aliphatic rings. The number of hydrogen-bond acceptors (Lipinski definition) is 7. The van der Waals surface area contributed by atoms with Gasteiger partial charge in [-0.15, -0.1) is 0 Å². The Morgan fingerprint density at radius 1 is 1.38 bits per heavy atom. The molecule has 3 aromatic rings. The van der Waals surface area contributed by atoms with Crippen LogP contribution in [0.5, 0.6) is 0 Å². The molecule has 0 aliphatic carbocycles. The normalized spacial score (nSPS) is 10.8. The first-order valence-electron chi connectivity index (χ1n) is 7.57. The van der Waals surface area contributed by atoms with Crippen LogP contribution in [0.25, 0.3) is 0 Å². The fourth-order valence-electron chi connectivity index (χ4n) is 2.16. The third kappa shape index (κ3) is 3.56. The van der Waals surface area contributed by atoms with Crippen LogP contribution in [0.2, 0.25) is 0 Å². The molecule has 126 valence electrons. The van der Waals surface area contributed by atoms with Crippen molar-refractivity contribution in [2.75, 3.05) is 17.3 Å². The molecule has 0 atom stereocenters. The lowest BCUT2D eigenvalue weighted by Crippen LogP contribution is -2.13. The van der Waals surface area contributed by atoms with Crippen molar-refractivity contribution in [1.29, 1.82) is 0 Å². The predicted octanol–water partition coefficient (Wildman–Crippen LogP) is 3.72. The molecule has 0 amide bonds. The topological polar surface area (TPSA) is 95.8 Å². The Kier molecular flexibility index (Phi) is 4.79. The number of aromatic nitrogens is 5. The summed E-state index contributed by atoms with van der Waals surface area (Å²) in [4.78, 5) is 10.6. The Labute approximate surface area is 147 Å². The van der Waals surface area contributed by atoms with Crippen LogP contribution < -0.4 is 10.2 Å². The van der Waals surface area contributed by atoms with E-state index in [0.29, 0.717) is 23.5 Å². The van der Waals surface area contributed by atoms with Crippen LogP contribution in [0.4, 0.5) is 23.5 Å². The van der Waals surface area contributed by atoms with Gasteiger partial charge in [0.25, 0.3) is 0 Å². The van der Waals surface area contributed by atoms with Crippen LogP contribution in [0, 0.1) is 6.92 Å². The van der Waals surface area contributed by atoms with E-state index in [1.165, 1.54) is 0 Å². The Hall–Kier alpha value is -2.42. The number of anilines is 4. The fraction of sp³-hybridized carbons (Fsp3) is 0.333. The summed E-state index contributed by atoms with van der Waals surface area (Å²) < 4.78 is 5.99. The van der Waals surface area contributed by atoms with Gasteiger partial charge >= 0.3 is 0 Å². The second-order valence-electron chi connectivity index (χ2n) is 5.39. The van der Waals surface area contributed by atoms with Gasteiger partial charge in [0.15, 0.2) is 11.6 Å². The highest BCUT2D eigenvalue weighted by atomic mass is 79.9. The summed E-state index contributed by atoms with van der Waals surface area (Å²) >= 11 is 3.46. The van der Waals surface area contributed by atoms with Crippen LogP contribution >= 0.6 is 15.9 Å². The molecule has 24 heavy (non-hydrogen) atoms. The van der Waals surface area contributed by atoms with Gasteiger partial charge in [0, 0.05) is 31.1 Å². The summed E-state index contributed by atoms with van der Waals surface area (Å²) in [6.07, 6.45) is 3.70. The van der Waals surface area contributed by atoms with Crippen LogP contribution in [0.1, 0.15) is 24.7 Å². The minimum Gasteiger partial charge on any atom is -0.338 e. The van der Waals surface area contributed by atoms with Crippen LogP contribution in [0.15, 0.2) is 27.3 Å². The van der Waals surface area contributed by atoms with Gasteiger partial charge in [-0.3, -0.25) is 10.00 Å². The van der Waals surface area contributed by atoms with Crippen molar-refractivity contribution in [3.8, 4) is 0 Å². The summed E-state index contributed by atoms with van der Waals surface area (Å²) in [5.74, 6) is 2.39. The quantitative estimate of drug-likeness (QED) is 0.660. The zero-order valence-electron chi connectivity index (χ0n) is 13.7. The second kappa shape index (κ2) is 7.00. The molecular formula is C15H18BrN7O. The molecule has 0 fully saturated rings. The summed E-state index contributed by atoms with van der Waals surface area (Å²) in [6, 6.07) is 3.80. The number of hydrogen-bond donors (Lipinski definition) is 2. The zero-order chi connectivity index (χ0) is 17.1. The zero-order valence-corrected chi connectivity index (χ0v) is 15.3. The van der Waals surface area contributed by atoms with Crippen molar-refractivity contribution in [3.05, 3.63) is 34.2 Å². The molecule has 8 nitrogen and oxygen atoms in total. The van der Waals surface area contributed by atoms with Crippen LogP contribution in [0.3, 0.4) is 0 Å². The minimum atomic E-state index is 0.487. The molecule has 0 aromatic carbocycles. The Morgan fingerprint density at radius 2 is 2.21 bits per heavy atom. The molecule has 0 radical (unpaired) electrons. The average molecular weight is 392 g/mol. The van der Waals surface area contributed by atoms with E-state index < -0.39 is 0 Å². The van der Waals surface area contributed by atoms with Crippen molar-refractivity contribution < 1.29 is 4.52 Å². The van der Waals surface area contributed by atoms with Crippen molar-refractivity contribution in [2.24, 2.45) is 0 Å². The number of aryl methyl sites for hydroxylation is 2. The average Bonchev–Trinajstić information content (AvgIpc) is 3.18. The molecule has 0 unspecified atom stereocenters. The van der Waals surface area contributed by atoms with Crippen molar-refractivity contribution in [3.63, 3.8) is 0 Å². The number of nitrogens with zero attached hydrogens (tertiary/aromatic N) is 5. The summed E-state index contributed by atoms with van der Waals surface area (Å²) in [7, 11) is 1.82. The number of H-pyrrole nitrogens is 1. The highest BCUT2D eigenvalue weighted by molar-refractivity contribution is 9.10. The molecular weight excluding hydrogens is 374 g/mol. The first-order chi connectivity index (χ1) is 11.6. The lowest BCUT2D eigenvalue weighted by molar-refractivity contribution is 0.420. The summed E-state index contributed by atoms with van der Waals surface area (Å²) in [5, 5.41) is 14.3. The third-order valence-electron chi connectivity index (χ3n) is 3.37. The van der Waals surface area contributed by atoms with Crippen molar-refractivity contribution in [1.82, 2.24) is 25.3 Å². The van der Waals surface area contributed by atoms with Gasteiger partial charge in [0.1, 0.15) is 0 Å². The van der Waals surface area contributed by atoms with E-state index in [1.807, 2.05) is 26.1 Å². The van der Waals surface area contributed by atoms with Gasteiger partial charge in [0.2, 0.25) is 11.8 Å². The van der Waals surface area contributed by atoms with E-state index in [4.69, 9.17) is 4.52 Å². The third-order valence-corrected chi connectivity index (χ3v) is 3.95. The maximum atomic E-state index is 5.25. The Morgan fingerprint density at radius 3 is 2.92 bits per heavy atom. The van der Waals surface area contributed by atoms with E-state index in [1.54, 1.807) is 11.1 Å². The fourth-order valence-corrected chi connectivity index (χ4v) is 2.45. The van der Waals surface area contributed by atoms with Gasteiger partial charge in [-0.25, -0.2) is 4.98 Å². The summed E-state index contributed by atoms with van der Waals surface area (Å²) in [5.41, 5.74) is 1.88. The largest absolute Gasteiger partial charge is 0.338 e. The van der Waals surface area contributed by atoms with Crippen LogP contribution in [-0.2, 0) is 6.42 Å². The van der Waals surface area contributed by atoms with E-state index in [-0.39, 0.29) is 0 Å². The standard InChI is InChI=1S/C15H18BrN7O/c1-4-5-10-7-12(21-20-10)18-14-11(16)8-17-15(19-14)23(3)13-6-9(2)22-24-13/h6-8H,4-5H2,1-3H3,(H2,17,18,19,20,21). The van der Waals surface area contributed by atoms with E-state index in [2.05, 4.69) is 53.5 Å². The highest BCUT2D eigenvalue weighted by Gasteiger charge is 2.15. The lowest BCUT2D eigenvalue weighted by atomic mass is 10.2. The second-order valence-corrected chi connectivity index (χ2v) is 6.24. The Bertz CT molecular complexity index is 829. The molecule has 0 saturated heterocycles. The summed E-state index contributed by atoms with van der Waals surface area (Å²) in [6.45, 7) is 3.99. The van der Waals surface area contributed by atoms with Gasteiger partial charge in [-0.1, -0.05) is 18.5 Å².